The van der Waals surface area contributed by atoms with E-state index in [1.54, 1.807) is 0 Å². The normalized spacial score (nSPS) is 16.8. The van der Waals surface area contributed by atoms with Crippen molar-refractivity contribution in [1.29, 1.82) is 0 Å². The summed E-state index contributed by atoms with van der Waals surface area (Å²) in [5, 5.41) is 7.58. The van der Waals surface area contributed by atoms with Crippen molar-refractivity contribution < 1.29 is 4.74 Å². The summed E-state index contributed by atoms with van der Waals surface area (Å²) >= 11 is 0. The van der Waals surface area contributed by atoms with Crippen LogP contribution in [0, 0.1) is 0 Å². The molecule has 0 saturated carbocycles. The lowest BCUT2D eigenvalue weighted by atomic mass is 9.89. The number of ether oxygens (including phenoxy) is 1. The molecule has 1 rings (SSSR count). The molecule has 0 radical (unpaired) electrons. The monoisotopic (exact) mass is 239 g/mol. The molecule has 2 unspecified atom stereocenters. The highest BCUT2D eigenvalue weighted by Crippen LogP contribution is 2.22. The number of hydrogen-bond donors (Lipinski definition) is 1. The molecule has 2 atom stereocenters. The SMILES string of the molecule is CCOC(C)(CC)C(Cc1cnn(C)c1)NC. The van der Waals surface area contributed by atoms with Crippen LogP contribution in [0.15, 0.2) is 12.4 Å². The van der Waals surface area contributed by atoms with E-state index in [-0.39, 0.29) is 5.60 Å². The summed E-state index contributed by atoms with van der Waals surface area (Å²) in [5.74, 6) is 0. The van der Waals surface area contributed by atoms with Gasteiger partial charge in [0, 0.05) is 25.9 Å². The van der Waals surface area contributed by atoms with Gasteiger partial charge >= 0.3 is 0 Å². The second kappa shape index (κ2) is 6.17. The molecule has 98 valence electrons. The van der Waals surface area contributed by atoms with E-state index in [0.29, 0.717) is 6.04 Å². The van der Waals surface area contributed by atoms with Crippen LogP contribution in [-0.2, 0) is 18.2 Å². The third-order valence-corrected chi connectivity index (χ3v) is 3.46. The Morgan fingerprint density at radius 2 is 2.24 bits per heavy atom. The smallest absolute Gasteiger partial charge is 0.0807 e. The molecule has 17 heavy (non-hydrogen) atoms. The molecule has 0 amide bonds. The van der Waals surface area contributed by atoms with Crippen molar-refractivity contribution in [2.24, 2.45) is 7.05 Å². The summed E-state index contributed by atoms with van der Waals surface area (Å²) < 4.78 is 7.76. The fourth-order valence-electron chi connectivity index (χ4n) is 2.22. The van der Waals surface area contributed by atoms with E-state index < -0.39 is 0 Å². The summed E-state index contributed by atoms with van der Waals surface area (Å²) in [4.78, 5) is 0. The molecule has 4 heteroatoms. The largest absolute Gasteiger partial charge is 0.374 e. The van der Waals surface area contributed by atoms with Gasteiger partial charge in [-0.3, -0.25) is 4.68 Å². The van der Waals surface area contributed by atoms with E-state index in [0.717, 1.165) is 19.4 Å². The first-order valence-electron chi connectivity index (χ1n) is 6.34. The van der Waals surface area contributed by atoms with Crippen molar-refractivity contribution in [3.8, 4) is 0 Å². The topological polar surface area (TPSA) is 39.1 Å². The number of aryl methyl sites for hydroxylation is 1. The van der Waals surface area contributed by atoms with Gasteiger partial charge in [0.25, 0.3) is 0 Å². The lowest BCUT2D eigenvalue weighted by Crippen LogP contribution is -2.50. The first kappa shape index (κ1) is 14.2. The van der Waals surface area contributed by atoms with Crippen LogP contribution < -0.4 is 5.32 Å². The second-order valence-corrected chi connectivity index (χ2v) is 4.67. The standard InChI is InChI=1S/C13H25N3O/c1-6-13(3,17-7-2)12(14-4)8-11-9-15-16(5)10-11/h9-10,12,14H,6-8H2,1-5H3. The van der Waals surface area contributed by atoms with Gasteiger partial charge in [0.15, 0.2) is 0 Å². The van der Waals surface area contributed by atoms with E-state index >= 15 is 0 Å². The molecule has 0 aromatic carbocycles. The molecular weight excluding hydrogens is 214 g/mol. The Hall–Kier alpha value is -0.870. The van der Waals surface area contributed by atoms with Crippen LogP contribution in [0.5, 0.6) is 0 Å². The molecule has 0 bridgehead atoms. The molecule has 0 spiro atoms. The maximum atomic E-state index is 5.92. The Morgan fingerprint density at radius 1 is 1.53 bits per heavy atom. The Morgan fingerprint density at radius 3 is 2.65 bits per heavy atom. The van der Waals surface area contributed by atoms with Crippen LogP contribution in [-0.4, -0.2) is 35.1 Å². The highest BCUT2D eigenvalue weighted by molar-refractivity contribution is 5.08. The number of nitrogens with one attached hydrogen (secondary N) is 1. The van der Waals surface area contributed by atoms with E-state index in [2.05, 4.69) is 30.5 Å². The maximum Gasteiger partial charge on any atom is 0.0807 e. The molecule has 1 N–H and O–H groups in total. The fraction of sp³-hybridized carbons (Fsp3) is 0.769. The highest BCUT2D eigenvalue weighted by Gasteiger charge is 2.32. The Balaban J connectivity index is 2.75. The molecule has 1 aromatic rings. The van der Waals surface area contributed by atoms with Crippen LogP contribution in [0.3, 0.4) is 0 Å². The van der Waals surface area contributed by atoms with Crippen LogP contribution >= 0.6 is 0 Å². The average Bonchev–Trinajstić information content (AvgIpc) is 2.72. The van der Waals surface area contributed by atoms with Gasteiger partial charge in [0.2, 0.25) is 0 Å². The van der Waals surface area contributed by atoms with Crippen molar-refractivity contribution in [2.75, 3.05) is 13.7 Å². The zero-order valence-electron chi connectivity index (χ0n) is 11.7. The van der Waals surface area contributed by atoms with Crippen LogP contribution in [0.2, 0.25) is 0 Å². The molecule has 1 heterocycles. The highest BCUT2D eigenvalue weighted by atomic mass is 16.5. The zero-order valence-corrected chi connectivity index (χ0v) is 11.7. The van der Waals surface area contributed by atoms with Gasteiger partial charge in [-0.1, -0.05) is 6.92 Å². The van der Waals surface area contributed by atoms with Gasteiger partial charge in [-0.2, -0.15) is 5.10 Å². The van der Waals surface area contributed by atoms with E-state index in [1.165, 1.54) is 5.56 Å². The molecule has 0 aliphatic carbocycles. The van der Waals surface area contributed by atoms with Crippen LogP contribution in [0.1, 0.15) is 32.8 Å². The summed E-state index contributed by atoms with van der Waals surface area (Å²) in [6.07, 6.45) is 5.92. The van der Waals surface area contributed by atoms with Crippen LogP contribution in [0.4, 0.5) is 0 Å². The minimum atomic E-state index is -0.126. The maximum absolute atomic E-state index is 5.92. The number of likely N-dealkylation sites (N-methyl/N-ethyl adjacent to an activating group) is 1. The van der Waals surface area contributed by atoms with Gasteiger partial charge in [-0.05, 0) is 39.3 Å². The fourth-order valence-corrected chi connectivity index (χ4v) is 2.22. The van der Waals surface area contributed by atoms with Gasteiger partial charge in [0.1, 0.15) is 0 Å². The van der Waals surface area contributed by atoms with Crippen molar-refractivity contribution in [3.63, 3.8) is 0 Å². The molecule has 0 fully saturated rings. The summed E-state index contributed by atoms with van der Waals surface area (Å²) in [5.41, 5.74) is 1.12. The quantitative estimate of drug-likeness (QED) is 0.788. The summed E-state index contributed by atoms with van der Waals surface area (Å²) in [6.45, 7) is 7.14. The predicted molar refractivity (Wildman–Crippen MR) is 70.1 cm³/mol. The summed E-state index contributed by atoms with van der Waals surface area (Å²) in [7, 11) is 3.94. The van der Waals surface area contributed by atoms with Crippen molar-refractivity contribution in [1.82, 2.24) is 15.1 Å². The molecule has 0 aliphatic rings. The Bertz CT molecular complexity index is 337. The van der Waals surface area contributed by atoms with Gasteiger partial charge in [0.05, 0.1) is 11.8 Å². The molecule has 0 saturated heterocycles. The zero-order chi connectivity index (χ0) is 12.9. The van der Waals surface area contributed by atoms with Gasteiger partial charge < -0.3 is 10.1 Å². The lowest BCUT2D eigenvalue weighted by molar-refractivity contribution is -0.0534. The molecule has 0 aliphatic heterocycles. The first-order chi connectivity index (χ1) is 8.05. The predicted octanol–water partition coefficient (Wildman–Crippen LogP) is 1.76. The second-order valence-electron chi connectivity index (χ2n) is 4.67. The number of aromatic nitrogens is 2. The first-order valence-corrected chi connectivity index (χ1v) is 6.34. The van der Waals surface area contributed by atoms with Gasteiger partial charge in [-0.15, -0.1) is 0 Å². The van der Waals surface area contributed by atoms with Crippen molar-refractivity contribution >= 4 is 0 Å². The summed E-state index contributed by atoms with van der Waals surface area (Å²) in [6, 6.07) is 0.302. The van der Waals surface area contributed by atoms with E-state index in [1.807, 2.05) is 31.9 Å². The Labute approximate surface area is 104 Å². The van der Waals surface area contributed by atoms with Gasteiger partial charge in [-0.25, -0.2) is 0 Å². The van der Waals surface area contributed by atoms with Crippen molar-refractivity contribution in [3.05, 3.63) is 18.0 Å². The molecular formula is C13H25N3O. The number of hydrogen-bond acceptors (Lipinski definition) is 3. The van der Waals surface area contributed by atoms with Crippen LogP contribution in [0.25, 0.3) is 0 Å². The molecule has 1 aromatic heterocycles. The average molecular weight is 239 g/mol. The number of rotatable bonds is 7. The third kappa shape index (κ3) is 3.54. The minimum Gasteiger partial charge on any atom is -0.374 e. The number of nitrogens with zero attached hydrogens (tertiary/aromatic N) is 2. The van der Waals surface area contributed by atoms with E-state index in [4.69, 9.17) is 4.74 Å². The Kier molecular flexibility index (Phi) is 5.15. The minimum absolute atomic E-state index is 0.126. The van der Waals surface area contributed by atoms with E-state index in [9.17, 15) is 0 Å². The third-order valence-electron chi connectivity index (χ3n) is 3.46. The van der Waals surface area contributed by atoms with Crippen molar-refractivity contribution in [2.45, 2.75) is 45.3 Å². The lowest BCUT2D eigenvalue weighted by Gasteiger charge is -2.36. The molecule has 4 nitrogen and oxygen atoms in total.